The molecule has 1 aromatic carbocycles. The molecule has 0 aliphatic heterocycles. The molecule has 0 aliphatic rings. The third-order valence-electron chi connectivity index (χ3n) is 3.47. The topological polar surface area (TPSA) is 86.3 Å². The zero-order valence-corrected chi connectivity index (χ0v) is 12.9. The first kappa shape index (κ1) is 15.8. The van der Waals surface area contributed by atoms with E-state index in [0.29, 0.717) is 11.4 Å². The van der Waals surface area contributed by atoms with Gasteiger partial charge in [-0.25, -0.2) is 0 Å². The van der Waals surface area contributed by atoms with E-state index in [-0.39, 0.29) is 18.9 Å². The zero-order valence-electron chi connectivity index (χ0n) is 12.9. The fraction of sp³-hybridized carbons (Fsp3) is 0.312. The van der Waals surface area contributed by atoms with Gasteiger partial charge in [0, 0.05) is 19.2 Å². The van der Waals surface area contributed by atoms with Gasteiger partial charge in [-0.2, -0.15) is 5.10 Å². The normalized spacial score (nSPS) is 10.5. The van der Waals surface area contributed by atoms with Gasteiger partial charge < -0.3 is 10.0 Å². The van der Waals surface area contributed by atoms with Crippen molar-refractivity contribution in [2.24, 2.45) is 0 Å². The number of nitrogens with zero attached hydrogens (tertiary/aromatic N) is 2. The number of carboxylic acids is 1. The molecule has 1 amide bonds. The standard InChI is InChI=1S/C16H19N3O3/c1-10-4-5-12(11(2)8-10)13-9-14(18-17-13)16(22)19(3)7-6-15(20)21/h4-5,8-9H,6-7H2,1-3H3,(H,17,18)(H,20,21). The van der Waals surface area contributed by atoms with Crippen LogP contribution < -0.4 is 0 Å². The van der Waals surface area contributed by atoms with Crippen molar-refractivity contribution < 1.29 is 14.7 Å². The summed E-state index contributed by atoms with van der Waals surface area (Å²) in [7, 11) is 1.57. The first-order chi connectivity index (χ1) is 10.4. The minimum absolute atomic E-state index is 0.0830. The summed E-state index contributed by atoms with van der Waals surface area (Å²) >= 11 is 0. The highest BCUT2D eigenvalue weighted by Gasteiger charge is 2.16. The van der Waals surface area contributed by atoms with Crippen LogP contribution in [-0.4, -0.2) is 45.7 Å². The molecule has 0 saturated heterocycles. The van der Waals surface area contributed by atoms with Crippen LogP contribution in [0.1, 0.15) is 28.0 Å². The van der Waals surface area contributed by atoms with Gasteiger partial charge in [-0.3, -0.25) is 14.7 Å². The van der Waals surface area contributed by atoms with E-state index in [4.69, 9.17) is 5.11 Å². The number of H-pyrrole nitrogens is 1. The summed E-state index contributed by atoms with van der Waals surface area (Å²) in [5.74, 6) is -1.20. The second-order valence-corrected chi connectivity index (χ2v) is 5.36. The highest BCUT2D eigenvalue weighted by molar-refractivity contribution is 5.93. The van der Waals surface area contributed by atoms with E-state index in [2.05, 4.69) is 16.3 Å². The Hall–Kier alpha value is -2.63. The fourth-order valence-electron chi connectivity index (χ4n) is 2.24. The molecule has 0 radical (unpaired) electrons. The Morgan fingerprint density at radius 3 is 2.64 bits per heavy atom. The SMILES string of the molecule is Cc1ccc(-c2cc(C(=O)N(C)CCC(=O)O)[nH]n2)c(C)c1. The van der Waals surface area contributed by atoms with E-state index in [1.807, 2.05) is 26.0 Å². The molecule has 0 unspecified atom stereocenters. The third kappa shape index (κ3) is 3.52. The number of aromatic nitrogens is 2. The number of carbonyl (C=O) groups excluding carboxylic acids is 1. The molecule has 0 aliphatic carbocycles. The summed E-state index contributed by atoms with van der Waals surface area (Å²) in [5.41, 5.74) is 4.27. The number of amides is 1. The number of aromatic amines is 1. The Bertz CT molecular complexity index is 706. The Kier molecular flexibility index (Phi) is 4.60. The lowest BCUT2D eigenvalue weighted by molar-refractivity contribution is -0.137. The number of aliphatic carboxylic acids is 1. The predicted octanol–water partition coefficient (Wildman–Crippen LogP) is 2.24. The van der Waals surface area contributed by atoms with Crippen molar-refractivity contribution in [2.45, 2.75) is 20.3 Å². The highest BCUT2D eigenvalue weighted by atomic mass is 16.4. The molecule has 1 heterocycles. The van der Waals surface area contributed by atoms with Crippen LogP contribution in [0.4, 0.5) is 0 Å². The molecule has 0 atom stereocenters. The summed E-state index contributed by atoms with van der Waals surface area (Å²) in [5, 5.41) is 15.6. The number of aryl methyl sites for hydroxylation is 2. The molecule has 1 aromatic heterocycles. The lowest BCUT2D eigenvalue weighted by Crippen LogP contribution is -2.29. The van der Waals surface area contributed by atoms with Gasteiger partial charge in [-0.05, 0) is 25.5 Å². The van der Waals surface area contributed by atoms with Crippen LogP contribution in [0.3, 0.4) is 0 Å². The smallest absolute Gasteiger partial charge is 0.305 e. The van der Waals surface area contributed by atoms with Crippen LogP contribution >= 0.6 is 0 Å². The van der Waals surface area contributed by atoms with E-state index in [1.54, 1.807) is 13.1 Å². The maximum Gasteiger partial charge on any atom is 0.305 e. The number of hydrogen-bond acceptors (Lipinski definition) is 3. The van der Waals surface area contributed by atoms with Crippen LogP contribution in [0.5, 0.6) is 0 Å². The largest absolute Gasteiger partial charge is 0.481 e. The lowest BCUT2D eigenvalue weighted by Gasteiger charge is -2.14. The molecule has 0 saturated carbocycles. The van der Waals surface area contributed by atoms with Crippen molar-refractivity contribution in [1.29, 1.82) is 0 Å². The first-order valence-electron chi connectivity index (χ1n) is 6.99. The maximum atomic E-state index is 12.2. The Balaban J connectivity index is 2.17. The van der Waals surface area contributed by atoms with E-state index in [9.17, 15) is 9.59 Å². The molecule has 2 rings (SSSR count). The van der Waals surface area contributed by atoms with Crippen LogP contribution in [0.2, 0.25) is 0 Å². The Morgan fingerprint density at radius 1 is 1.27 bits per heavy atom. The monoisotopic (exact) mass is 301 g/mol. The van der Waals surface area contributed by atoms with Crippen LogP contribution in [-0.2, 0) is 4.79 Å². The summed E-state index contributed by atoms with van der Waals surface area (Å²) in [6, 6.07) is 7.72. The van der Waals surface area contributed by atoms with E-state index in [0.717, 1.165) is 11.1 Å². The molecule has 22 heavy (non-hydrogen) atoms. The quantitative estimate of drug-likeness (QED) is 0.886. The van der Waals surface area contributed by atoms with Gasteiger partial charge >= 0.3 is 5.97 Å². The van der Waals surface area contributed by atoms with Gasteiger partial charge in [0.25, 0.3) is 5.91 Å². The van der Waals surface area contributed by atoms with Crippen molar-refractivity contribution in [2.75, 3.05) is 13.6 Å². The number of carbonyl (C=O) groups is 2. The molecule has 6 nitrogen and oxygen atoms in total. The van der Waals surface area contributed by atoms with Crippen molar-refractivity contribution in [3.8, 4) is 11.3 Å². The summed E-state index contributed by atoms with van der Waals surface area (Å²) in [6.07, 6.45) is -0.0830. The molecule has 2 aromatic rings. The molecule has 0 fully saturated rings. The lowest BCUT2D eigenvalue weighted by atomic mass is 10.0. The van der Waals surface area contributed by atoms with Gasteiger partial charge in [-0.1, -0.05) is 23.8 Å². The summed E-state index contributed by atoms with van der Waals surface area (Å²) in [4.78, 5) is 24.1. The number of carboxylic acid groups (broad SMARTS) is 1. The average Bonchev–Trinajstić information content (AvgIpc) is 2.93. The molecule has 2 N–H and O–H groups in total. The third-order valence-corrected chi connectivity index (χ3v) is 3.47. The van der Waals surface area contributed by atoms with Gasteiger partial charge in [0.05, 0.1) is 12.1 Å². The van der Waals surface area contributed by atoms with Crippen molar-refractivity contribution >= 4 is 11.9 Å². The first-order valence-corrected chi connectivity index (χ1v) is 6.99. The minimum atomic E-state index is -0.930. The Morgan fingerprint density at radius 2 is 2.00 bits per heavy atom. The van der Waals surface area contributed by atoms with E-state index < -0.39 is 5.97 Å². The van der Waals surface area contributed by atoms with E-state index >= 15 is 0 Å². The molecule has 0 bridgehead atoms. The fourth-order valence-corrected chi connectivity index (χ4v) is 2.24. The van der Waals surface area contributed by atoms with Crippen molar-refractivity contribution in [1.82, 2.24) is 15.1 Å². The van der Waals surface area contributed by atoms with Gasteiger partial charge in [0.1, 0.15) is 5.69 Å². The number of benzene rings is 1. The number of hydrogen-bond donors (Lipinski definition) is 2. The number of rotatable bonds is 5. The van der Waals surface area contributed by atoms with Gasteiger partial charge in [0.15, 0.2) is 0 Å². The molecular weight excluding hydrogens is 282 g/mol. The predicted molar refractivity (Wildman–Crippen MR) is 82.7 cm³/mol. The van der Waals surface area contributed by atoms with Gasteiger partial charge in [0.2, 0.25) is 0 Å². The summed E-state index contributed by atoms with van der Waals surface area (Å²) < 4.78 is 0. The van der Waals surface area contributed by atoms with Crippen molar-refractivity contribution in [3.63, 3.8) is 0 Å². The van der Waals surface area contributed by atoms with Crippen LogP contribution in [0, 0.1) is 13.8 Å². The molecule has 0 spiro atoms. The molecule has 6 heteroatoms. The van der Waals surface area contributed by atoms with Crippen molar-refractivity contribution in [3.05, 3.63) is 41.1 Å². The second kappa shape index (κ2) is 6.43. The zero-order chi connectivity index (χ0) is 16.3. The minimum Gasteiger partial charge on any atom is -0.481 e. The van der Waals surface area contributed by atoms with Gasteiger partial charge in [-0.15, -0.1) is 0 Å². The Labute approximate surface area is 128 Å². The van der Waals surface area contributed by atoms with Crippen LogP contribution in [0.25, 0.3) is 11.3 Å². The molecular formula is C16H19N3O3. The summed E-state index contributed by atoms with van der Waals surface area (Å²) in [6.45, 7) is 4.18. The second-order valence-electron chi connectivity index (χ2n) is 5.36. The van der Waals surface area contributed by atoms with Crippen LogP contribution in [0.15, 0.2) is 24.3 Å². The molecule has 116 valence electrons. The highest BCUT2D eigenvalue weighted by Crippen LogP contribution is 2.23. The number of nitrogens with one attached hydrogen (secondary N) is 1. The van der Waals surface area contributed by atoms with E-state index in [1.165, 1.54) is 10.5 Å². The maximum absolute atomic E-state index is 12.2. The average molecular weight is 301 g/mol.